The van der Waals surface area contributed by atoms with E-state index >= 15 is 0 Å². The smallest absolute Gasteiger partial charge is 0.319 e. The number of hydrogen-bond donors (Lipinski definition) is 1. The lowest BCUT2D eigenvalue weighted by molar-refractivity contribution is -0.141. The third kappa shape index (κ3) is 4.03. The van der Waals surface area contributed by atoms with Crippen molar-refractivity contribution in [2.45, 2.75) is 13.5 Å². The fraction of sp³-hybridized carbons (Fsp3) is 0.500. The number of amides is 2. The predicted molar refractivity (Wildman–Crippen MR) is 70.6 cm³/mol. The van der Waals surface area contributed by atoms with Crippen LogP contribution in [-0.4, -0.2) is 47.5 Å². The van der Waals surface area contributed by atoms with Crippen LogP contribution in [-0.2, 0) is 11.3 Å². The second-order valence-electron chi connectivity index (χ2n) is 4.34. The topological polar surface area (TPSA) is 60.9 Å². The summed E-state index contributed by atoms with van der Waals surface area (Å²) in [6.07, 6.45) is 0. The third-order valence-corrected chi connectivity index (χ3v) is 3.46. The molecule has 0 radical (unpaired) electrons. The molecule has 100 valence electrons. The van der Waals surface area contributed by atoms with Crippen molar-refractivity contribution in [3.05, 3.63) is 22.4 Å². The van der Waals surface area contributed by atoms with E-state index in [1.54, 1.807) is 37.3 Å². The Hall–Kier alpha value is -1.56. The van der Waals surface area contributed by atoms with Gasteiger partial charge in [-0.15, -0.1) is 11.3 Å². The number of urea groups is 1. The Kier molecular flexibility index (Phi) is 5.15. The fourth-order valence-electron chi connectivity index (χ4n) is 1.56. The van der Waals surface area contributed by atoms with E-state index < -0.39 is 11.9 Å². The highest BCUT2D eigenvalue weighted by atomic mass is 32.1. The molecule has 0 bridgehead atoms. The predicted octanol–water partition coefficient (Wildman–Crippen LogP) is 1.95. The number of aliphatic carboxylic acids is 1. The van der Waals surface area contributed by atoms with Crippen molar-refractivity contribution >= 4 is 23.3 Å². The van der Waals surface area contributed by atoms with E-state index in [9.17, 15) is 9.59 Å². The van der Waals surface area contributed by atoms with E-state index in [-0.39, 0.29) is 12.6 Å². The first-order valence-corrected chi connectivity index (χ1v) is 6.51. The molecule has 1 aromatic heterocycles. The first-order chi connectivity index (χ1) is 8.41. The zero-order valence-electron chi connectivity index (χ0n) is 10.8. The lowest BCUT2D eigenvalue weighted by atomic mass is 10.2. The van der Waals surface area contributed by atoms with Gasteiger partial charge in [-0.05, 0) is 11.4 Å². The van der Waals surface area contributed by atoms with Gasteiger partial charge >= 0.3 is 12.0 Å². The van der Waals surface area contributed by atoms with Gasteiger partial charge in [0.05, 0.1) is 12.5 Å². The maximum absolute atomic E-state index is 12.0. The summed E-state index contributed by atoms with van der Waals surface area (Å²) < 4.78 is 0. The molecule has 0 aromatic carbocycles. The molecule has 5 nitrogen and oxygen atoms in total. The van der Waals surface area contributed by atoms with E-state index in [1.165, 1.54) is 4.90 Å². The monoisotopic (exact) mass is 270 g/mol. The first kappa shape index (κ1) is 14.5. The Morgan fingerprint density at radius 3 is 2.56 bits per heavy atom. The molecule has 0 aliphatic heterocycles. The van der Waals surface area contributed by atoms with Crippen molar-refractivity contribution in [3.8, 4) is 0 Å². The molecule has 1 unspecified atom stereocenters. The lowest BCUT2D eigenvalue weighted by Gasteiger charge is -2.25. The Balaban J connectivity index is 2.50. The van der Waals surface area contributed by atoms with Crippen LogP contribution in [0.1, 0.15) is 11.8 Å². The van der Waals surface area contributed by atoms with Gasteiger partial charge in [-0.2, -0.15) is 0 Å². The molecular weight excluding hydrogens is 252 g/mol. The molecule has 1 N–H and O–H groups in total. The summed E-state index contributed by atoms with van der Waals surface area (Å²) in [4.78, 5) is 26.8. The maximum atomic E-state index is 12.0. The van der Waals surface area contributed by atoms with E-state index in [2.05, 4.69) is 0 Å². The van der Waals surface area contributed by atoms with E-state index in [4.69, 9.17) is 5.11 Å². The number of nitrogens with zero attached hydrogens (tertiary/aromatic N) is 2. The van der Waals surface area contributed by atoms with Gasteiger partial charge in [-0.3, -0.25) is 4.79 Å². The van der Waals surface area contributed by atoms with Crippen LogP contribution in [0.4, 0.5) is 4.79 Å². The molecule has 1 atom stereocenters. The summed E-state index contributed by atoms with van der Waals surface area (Å²) >= 11 is 1.59. The average Bonchev–Trinajstić information content (AvgIpc) is 2.80. The van der Waals surface area contributed by atoms with Crippen LogP contribution in [0.3, 0.4) is 0 Å². The quantitative estimate of drug-likeness (QED) is 0.889. The molecule has 0 spiro atoms. The molecule has 2 amide bonds. The molecule has 1 aromatic rings. The number of hydrogen-bond acceptors (Lipinski definition) is 3. The SMILES string of the molecule is CC(CN(C)C(=O)N(C)Cc1cccs1)C(=O)O. The minimum absolute atomic E-state index is 0.170. The average molecular weight is 270 g/mol. The summed E-state index contributed by atoms with van der Waals surface area (Å²) in [7, 11) is 3.33. The second-order valence-corrected chi connectivity index (χ2v) is 5.37. The largest absolute Gasteiger partial charge is 0.481 e. The zero-order valence-corrected chi connectivity index (χ0v) is 11.6. The minimum Gasteiger partial charge on any atom is -0.481 e. The molecule has 1 rings (SSSR count). The summed E-state index contributed by atoms with van der Waals surface area (Å²) in [6, 6.07) is 3.74. The number of carbonyl (C=O) groups is 2. The van der Waals surface area contributed by atoms with Crippen LogP contribution in [0.15, 0.2) is 17.5 Å². The van der Waals surface area contributed by atoms with Crippen molar-refractivity contribution in [2.75, 3.05) is 20.6 Å². The molecule has 0 saturated heterocycles. The van der Waals surface area contributed by atoms with Gasteiger partial charge in [0.15, 0.2) is 0 Å². The van der Waals surface area contributed by atoms with Crippen LogP contribution in [0.25, 0.3) is 0 Å². The van der Waals surface area contributed by atoms with Gasteiger partial charge < -0.3 is 14.9 Å². The van der Waals surface area contributed by atoms with Crippen LogP contribution in [0.2, 0.25) is 0 Å². The number of carboxylic acid groups (broad SMARTS) is 1. The Morgan fingerprint density at radius 1 is 1.39 bits per heavy atom. The van der Waals surface area contributed by atoms with Crippen LogP contribution >= 0.6 is 11.3 Å². The highest BCUT2D eigenvalue weighted by molar-refractivity contribution is 7.09. The first-order valence-electron chi connectivity index (χ1n) is 5.63. The van der Waals surface area contributed by atoms with Gasteiger partial charge in [-0.1, -0.05) is 13.0 Å². The highest BCUT2D eigenvalue weighted by Crippen LogP contribution is 2.12. The van der Waals surface area contributed by atoms with Crippen molar-refractivity contribution in [1.82, 2.24) is 9.80 Å². The number of carbonyl (C=O) groups excluding carboxylic acids is 1. The van der Waals surface area contributed by atoms with Crippen molar-refractivity contribution in [1.29, 1.82) is 0 Å². The van der Waals surface area contributed by atoms with Crippen LogP contribution in [0, 0.1) is 5.92 Å². The Labute approximate surface area is 111 Å². The highest BCUT2D eigenvalue weighted by Gasteiger charge is 2.20. The van der Waals surface area contributed by atoms with E-state index in [0.717, 1.165) is 4.88 Å². The molecule has 1 heterocycles. The normalized spacial score (nSPS) is 11.9. The molecule has 0 aliphatic carbocycles. The van der Waals surface area contributed by atoms with Gasteiger partial charge in [-0.25, -0.2) is 4.79 Å². The summed E-state index contributed by atoms with van der Waals surface area (Å²) in [5.74, 6) is -1.45. The molecule has 6 heteroatoms. The maximum Gasteiger partial charge on any atom is 0.319 e. The standard InChI is InChI=1S/C12H18N2O3S/c1-9(11(15)16)7-13(2)12(17)14(3)8-10-5-4-6-18-10/h4-6,9H,7-8H2,1-3H3,(H,15,16). The molecule has 0 saturated carbocycles. The van der Waals surface area contributed by atoms with Gasteiger partial charge in [0.1, 0.15) is 0 Å². The summed E-state index contributed by atoms with van der Waals surface area (Å²) in [5.41, 5.74) is 0. The molecular formula is C12H18N2O3S. The molecule has 0 fully saturated rings. The third-order valence-electron chi connectivity index (χ3n) is 2.60. The fourth-order valence-corrected chi connectivity index (χ4v) is 2.32. The number of carboxylic acids is 1. The summed E-state index contributed by atoms with van der Waals surface area (Å²) in [6.45, 7) is 2.34. The number of rotatable bonds is 5. The zero-order chi connectivity index (χ0) is 13.7. The lowest BCUT2D eigenvalue weighted by Crippen LogP contribution is -2.41. The molecule has 0 aliphatic rings. The van der Waals surface area contributed by atoms with Crippen LogP contribution < -0.4 is 0 Å². The molecule has 18 heavy (non-hydrogen) atoms. The van der Waals surface area contributed by atoms with Crippen LogP contribution in [0.5, 0.6) is 0 Å². The van der Waals surface area contributed by atoms with Gasteiger partial charge in [0.25, 0.3) is 0 Å². The van der Waals surface area contributed by atoms with E-state index in [0.29, 0.717) is 6.54 Å². The van der Waals surface area contributed by atoms with Gasteiger partial charge in [0, 0.05) is 25.5 Å². The van der Waals surface area contributed by atoms with Crippen molar-refractivity contribution in [3.63, 3.8) is 0 Å². The number of thiophene rings is 1. The Bertz CT molecular complexity index is 405. The van der Waals surface area contributed by atoms with Crippen molar-refractivity contribution in [2.24, 2.45) is 5.92 Å². The minimum atomic E-state index is -0.893. The van der Waals surface area contributed by atoms with Gasteiger partial charge in [0.2, 0.25) is 0 Å². The van der Waals surface area contributed by atoms with E-state index in [1.807, 2.05) is 17.5 Å². The summed E-state index contributed by atoms with van der Waals surface area (Å²) in [5, 5.41) is 10.8. The Morgan fingerprint density at radius 2 is 2.06 bits per heavy atom. The van der Waals surface area contributed by atoms with Crippen molar-refractivity contribution < 1.29 is 14.7 Å². The second kappa shape index (κ2) is 6.39.